The summed E-state index contributed by atoms with van der Waals surface area (Å²) in [6.07, 6.45) is -10.0. The summed E-state index contributed by atoms with van der Waals surface area (Å²) in [5.41, 5.74) is -3.06. The summed E-state index contributed by atoms with van der Waals surface area (Å²) in [7, 11) is 0. The molecule has 1 N–H and O–H groups in total. The molecule has 1 aromatic carbocycles. The molecule has 3 rings (SSSR count). The molecule has 0 saturated heterocycles. The van der Waals surface area contributed by atoms with E-state index in [-0.39, 0.29) is 22.7 Å². The number of halogens is 6. The first kappa shape index (κ1) is 19.6. The first-order valence-electron chi connectivity index (χ1n) is 7.70. The number of nitrogens with one attached hydrogen (secondary N) is 1. The average Bonchev–Trinajstić information content (AvgIpc) is 2.93. The second-order valence-electron chi connectivity index (χ2n) is 6.01. The minimum Gasteiger partial charge on any atom is -0.336 e. The van der Waals surface area contributed by atoms with Crippen molar-refractivity contribution in [2.75, 3.05) is 5.32 Å². The lowest BCUT2D eigenvalue weighted by Crippen LogP contribution is -2.16. The van der Waals surface area contributed by atoms with Gasteiger partial charge in [-0.25, -0.2) is 4.98 Å². The summed E-state index contributed by atoms with van der Waals surface area (Å²) in [6.45, 7) is 3.06. The van der Waals surface area contributed by atoms with Crippen LogP contribution >= 0.6 is 0 Å². The normalized spacial score (nSPS) is 12.4. The van der Waals surface area contributed by atoms with Crippen LogP contribution in [-0.2, 0) is 12.4 Å². The molecule has 3 aromatic rings. The molecule has 11 heteroatoms. The van der Waals surface area contributed by atoms with E-state index in [2.05, 4.69) is 15.5 Å². The third kappa shape index (κ3) is 3.78. The maximum atomic E-state index is 13.0. The largest absolute Gasteiger partial charge is 0.416 e. The van der Waals surface area contributed by atoms with Gasteiger partial charge in [0.25, 0.3) is 11.6 Å². The van der Waals surface area contributed by atoms with Crippen LogP contribution in [0.15, 0.2) is 28.8 Å². The van der Waals surface area contributed by atoms with Crippen LogP contribution < -0.4 is 5.32 Å². The number of pyridine rings is 1. The summed E-state index contributed by atoms with van der Waals surface area (Å²) in [6, 6.07) is 2.17. The molecule has 0 aliphatic rings. The van der Waals surface area contributed by atoms with Crippen LogP contribution in [0.2, 0.25) is 0 Å². The Bertz CT molecular complexity index is 1040. The first-order chi connectivity index (χ1) is 12.9. The number of carbonyl (C=O) groups excluding carboxylic acids is 1. The summed E-state index contributed by atoms with van der Waals surface area (Å²) >= 11 is 0. The van der Waals surface area contributed by atoms with Gasteiger partial charge in [-0.2, -0.15) is 26.3 Å². The van der Waals surface area contributed by atoms with Crippen molar-refractivity contribution in [1.82, 2.24) is 10.1 Å². The van der Waals surface area contributed by atoms with E-state index in [1.165, 1.54) is 13.0 Å². The molecule has 5 nitrogen and oxygen atoms in total. The SMILES string of the molecule is Cc1cc(C(=O)Nc2cc(C(F)(F)F)cc(C(F)(F)F)c2)c2c(C)noc2n1. The highest BCUT2D eigenvalue weighted by Gasteiger charge is 2.37. The van der Waals surface area contributed by atoms with Gasteiger partial charge >= 0.3 is 12.4 Å². The quantitative estimate of drug-likeness (QED) is 0.603. The van der Waals surface area contributed by atoms with Crippen molar-refractivity contribution >= 4 is 22.7 Å². The summed E-state index contributed by atoms with van der Waals surface area (Å²) in [5.74, 6) is -0.922. The molecule has 0 aliphatic carbocycles. The Kier molecular flexibility index (Phi) is 4.56. The van der Waals surface area contributed by atoms with E-state index >= 15 is 0 Å². The van der Waals surface area contributed by atoms with Crippen LogP contribution in [0, 0.1) is 13.8 Å². The number of hydrogen-bond acceptors (Lipinski definition) is 4. The Hall–Kier alpha value is -3.11. The van der Waals surface area contributed by atoms with Gasteiger partial charge < -0.3 is 9.84 Å². The Balaban J connectivity index is 2.07. The van der Waals surface area contributed by atoms with Crippen LogP contribution in [0.25, 0.3) is 11.1 Å². The summed E-state index contributed by atoms with van der Waals surface area (Å²) in [5, 5.41) is 5.96. The van der Waals surface area contributed by atoms with Gasteiger partial charge in [0.2, 0.25) is 0 Å². The predicted octanol–water partition coefficient (Wildman–Crippen LogP) is 5.13. The van der Waals surface area contributed by atoms with Gasteiger partial charge in [-0.3, -0.25) is 4.79 Å². The van der Waals surface area contributed by atoms with Gasteiger partial charge in [-0.05, 0) is 38.1 Å². The van der Waals surface area contributed by atoms with Crippen molar-refractivity contribution in [1.29, 1.82) is 0 Å². The van der Waals surface area contributed by atoms with Crippen LogP contribution in [-0.4, -0.2) is 16.0 Å². The highest BCUT2D eigenvalue weighted by atomic mass is 19.4. The third-order valence-electron chi connectivity index (χ3n) is 3.84. The monoisotopic (exact) mass is 403 g/mol. The Morgan fingerprint density at radius 3 is 2.07 bits per heavy atom. The summed E-state index contributed by atoms with van der Waals surface area (Å²) < 4.78 is 82.7. The van der Waals surface area contributed by atoms with Gasteiger partial charge in [-0.15, -0.1) is 0 Å². The van der Waals surface area contributed by atoms with E-state index in [4.69, 9.17) is 4.52 Å². The minimum absolute atomic E-state index is 0.0193. The van der Waals surface area contributed by atoms with Gasteiger partial charge in [-0.1, -0.05) is 5.16 Å². The van der Waals surface area contributed by atoms with Gasteiger partial charge in [0.05, 0.1) is 27.8 Å². The molecule has 2 aromatic heterocycles. The van der Waals surface area contributed by atoms with Crippen molar-refractivity contribution in [2.45, 2.75) is 26.2 Å². The maximum absolute atomic E-state index is 13.0. The molecular formula is C17H11F6N3O2. The molecule has 2 heterocycles. The highest BCUT2D eigenvalue weighted by molar-refractivity contribution is 6.12. The summed E-state index contributed by atoms with van der Waals surface area (Å²) in [4.78, 5) is 16.6. The fourth-order valence-electron chi connectivity index (χ4n) is 2.62. The first-order valence-corrected chi connectivity index (χ1v) is 7.70. The number of carbonyl (C=O) groups is 1. The van der Waals surface area contributed by atoms with E-state index in [1.807, 2.05) is 0 Å². The van der Waals surface area contributed by atoms with E-state index in [0.717, 1.165) is 0 Å². The van der Waals surface area contributed by atoms with E-state index in [1.54, 1.807) is 6.92 Å². The van der Waals surface area contributed by atoms with Gasteiger partial charge in [0, 0.05) is 11.4 Å². The Morgan fingerprint density at radius 2 is 1.54 bits per heavy atom. The smallest absolute Gasteiger partial charge is 0.336 e. The van der Waals surface area contributed by atoms with Crippen LogP contribution in [0.3, 0.4) is 0 Å². The number of fused-ring (bicyclic) bond motifs is 1. The molecule has 0 fully saturated rings. The van der Waals surface area contributed by atoms with E-state index in [0.29, 0.717) is 23.5 Å². The number of anilines is 1. The molecule has 0 unspecified atom stereocenters. The number of hydrogen-bond donors (Lipinski definition) is 1. The Labute approximate surface area is 153 Å². The average molecular weight is 403 g/mol. The zero-order valence-electron chi connectivity index (χ0n) is 14.3. The molecule has 0 bridgehead atoms. The third-order valence-corrected chi connectivity index (χ3v) is 3.84. The van der Waals surface area contributed by atoms with Crippen molar-refractivity contribution in [3.05, 3.63) is 52.3 Å². The lowest BCUT2D eigenvalue weighted by Gasteiger charge is -2.15. The second kappa shape index (κ2) is 6.50. The number of benzene rings is 1. The molecule has 0 radical (unpaired) electrons. The standard InChI is InChI=1S/C17H11F6N3O2/c1-7-3-12(13-8(2)26-28-15(13)24-7)14(27)25-11-5-9(16(18,19)20)4-10(6-11)17(21,22)23/h3-6H,1-2H3,(H,25,27). The maximum Gasteiger partial charge on any atom is 0.416 e. The topological polar surface area (TPSA) is 68.0 Å². The van der Waals surface area contributed by atoms with Gasteiger partial charge in [0.1, 0.15) is 0 Å². The second-order valence-corrected chi connectivity index (χ2v) is 6.01. The lowest BCUT2D eigenvalue weighted by atomic mass is 10.1. The Morgan fingerprint density at radius 1 is 0.964 bits per heavy atom. The zero-order valence-corrected chi connectivity index (χ0v) is 14.3. The number of amides is 1. The van der Waals surface area contributed by atoms with Crippen molar-refractivity contribution in [2.24, 2.45) is 0 Å². The van der Waals surface area contributed by atoms with Crippen molar-refractivity contribution in [3.63, 3.8) is 0 Å². The molecule has 148 valence electrons. The van der Waals surface area contributed by atoms with E-state index in [9.17, 15) is 31.1 Å². The fourth-order valence-corrected chi connectivity index (χ4v) is 2.62. The predicted molar refractivity (Wildman–Crippen MR) is 85.7 cm³/mol. The van der Waals surface area contributed by atoms with Crippen LogP contribution in [0.1, 0.15) is 32.9 Å². The lowest BCUT2D eigenvalue weighted by molar-refractivity contribution is -0.143. The fraction of sp³-hybridized carbons (Fsp3) is 0.235. The van der Waals surface area contributed by atoms with Gasteiger partial charge in [0.15, 0.2) is 0 Å². The zero-order chi connectivity index (χ0) is 20.9. The van der Waals surface area contributed by atoms with Crippen LogP contribution in [0.5, 0.6) is 0 Å². The minimum atomic E-state index is -5.02. The number of rotatable bonds is 2. The highest BCUT2D eigenvalue weighted by Crippen LogP contribution is 2.37. The molecule has 28 heavy (non-hydrogen) atoms. The van der Waals surface area contributed by atoms with Crippen LogP contribution in [0.4, 0.5) is 32.0 Å². The molecule has 0 atom stereocenters. The van der Waals surface area contributed by atoms with E-state index < -0.39 is 35.1 Å². The number of alkyl halides is 6. The van der Waals surface area contributed by atoms with Crippen molar-refractivity contribution in [3.8, 4) is 0 Å². The van der Waals surface area contributed by atoms with Crippen molar-refractivity contribution < 1.29 is 35.7 Å². The number of aromatic nitrogens is 2. The number of aryl methyl sites for hydroxylation is 2. The molecule has 1 amide bonds. The molecule has 0 saturated carbocycles. The molecule has 0 spiro atoms. The number of nitrogens with zero attached hydrogens (tertiary/aromatic N) is 2. The molecular weight excluding hydrogens is 392 g/mol. The molecule has 0 aliphatic heterocycles.